The van der Waals surface area contributed by atoms with E-state index in [0.29, 0.717) is 30.2 Å². The molecule has 1 aliphatic heterocycles. The Hall–Kier alpha value is -2.94. The molecule has 0 bridgehead atoms. The Morgan fingerprint density at radius 3 is 2.76 bits per heavy atom. The van der Waals surface area contributed by atoms with Crippen molar-refractivity contribution in [1.82, 2.24) is 25.2 Å². The lowest BCUT2D eigenvalue weighted by Crippen LogP contribution is -2.46. The van der Waals surface area contributed by atoms with Crippen LogP contribution in [0.5, 0.6) is 0 Å². The van der Waals surface area contributed by atoms with E-state index in [4.69, 9.17) is 11.6 Å². The zero-order chi connectivity index (χ0) is 20.8. The maximum atomic E-state index is 12.7. The number of benzene rings is 1. The Balaban J connectivity index is 1.55. The Bertz CT molecular complexity index is 883. The molecule has 9 nitrogen and oxygen atoms in total. The number of hydrogen-bond donors (Lipinski definition) is 1. The third-order valence-corrected chi connectivity index (χ3v) is 4.94. The molecule has 0 spiro atoms. The third-order valence-electron chi connectivity index (χ3n) is 4.69. The number of carbonyl (C=O) groups is 3. The van der Waals surface area contributed by atoms with Gasteiger partial charge >= 0.3 is 5.97 Å². The molecule has 1 saturated heterocycles. The topological polar surface area (TPSA) is 106 Å². The minimum Gasteiger partial charge on any atom is -0.469 e. The molecule has 1 atom stereocenters. The number of nitrogens with zero attached hydrogens (tertiary/aromatic N) is 4. The second-order valence-corrected chi connectivity index (χ2v) is 7.19. The van der Waals surface area contributed by atoms with E-state index in [0.717, 1.165) is 12.0 Å². The highest BCUT2D eigenvalue weighted by Crippen LogP contribution is 2.18. The van der Waals surface area contributed by atoms with Crippen molar-refractivity contribution in [3.8, 4) is 0 Å². The third kappa shape index (κ3) is 5.54. The van der Waals surface area contributed by atoms with Gasteiger partial charge in [-0.25, -0.2) is 4.68 Å². The summed E-state index contributed by atoms with van der Waals surface area (Å²) >= 11 is 5.87. The Morgan fingerprint density at radius 2 is 2.03 bits per heavy atom. The van der Waals surface area contributed by atoms with Crippen LogP contribution in [0.1, 0.15) is 24.1 Å². The minimum absolute atomic E-state index is 0.00979. The first-order chi connectivity index (χ1) is 14.0. The van der Waals surface area contributed by atoms with E-state index >= 15 is 0 Å². The molecule has 154 valence electrons. The monoisotopic (exact) mass is 419 g/mol. The van der Waals surface area contributed by atoms with Crippen LogP contribution in [0.2, 0.25) is 5.02 Å². The molecule has 0 aliphatic carbocycles. The number of amides is 2. The fourth-order valence-electron chi connectivity index (χ4n) is 3.19. The number of aromatic nitrogens is 3. The average molecular weight is 420 g/mol. The van der Waals surface area contributed by atoms with E-state index in [1.54, 1.807) is 17.0 Å². The van der Waals surface area contributed by atoms with Gasteiger partial charge in [0.1, 0.15) is 12.6 Å². The van der Waals surface area contributed by atoms with Crippen LogP contribution in [0.15, 0.2) is 30.5 Å². The van der Waals surface area contributed by atoms with Gasteiger partial charge in [-0.1, -0.05) is 28.9 Å². The minimum atomic E-state index is -0.507. The fourth-order valence-corrected chi connectivity index (χ4v) is 3.32. The van der Waals surface area contributed by atoms with Crippen molar-refractivity contribution in [2.75, 3.05) is 13.7 Å². The molecule has 0 saturated carbocycles. The molecule has 2 amide bonds. The number of nitrogens with one attached hydrogen (secondary N) is 1. The van der Waals surface area contributed by atoms with Crippen LogP contribution >= 0.6 is 11.6 Å². The molecule has 1 aromatic carbocycles. The maximum absolute atomic E-state index is 12.7. The van der Waals surface area contributed by atoms with E-state index in [9.17, 15) is 14.4 Å². The number of carbonyl (C=O) groups excluding carboxylic acids is 3. The van der Waals surface area contributed by atoms with Crippen LogP contribution in [0, 0.1) is 0 Å². The van der Waals surface area contributed by atoms with Crippen LogP contribution in [0.25, 0.3) is 0 Å². The quantitative estimate of drug-likeness (QED) is 0.670. The molecule has 0 unspecified atom stereocenters. The van der Waals surface area contributed by atoms with Crippen molar-refractivity contribution in [3.63, 3.8) is 0 Å². The highest BCUT2D eigenvalue weighted by Gasteiger charge is 2.34. The number of ether oxygens (including phenoxy) is 1. The number of methoxy groups -OCH3 is 1. The zero-order valence-corrected chi connectivity index (χ0v) is 16.8. The van der Waals surface area contributed by atoms with Gasteiger partial charge in [-0.15, -0.1) is 5.10 Å². The summed E-state index contributed by atoms with van der Waals surface area (Å²) in [5.74, 6) is -0.834. The Labute approximate surface area is 173 Å². The van der Waals surface area contributed by atoms with Gasteiger partial charge in [0.2, 0.25) is 11.8 Å². The average Bonchev–Trinajstić information content (AvgIpc) is 3.37. The molecule has 1 N–H and O–H groups in total. The number of rotatable bonds is 7. The predicted molar refractivity (Wildman–Crippen MR) is 104 cm³/mol. The van der Waals surface area contributed by atoms with E-state index < -0.39 is 12.0 Å². The lowest BCUT2D eigenvalue weighted by atomic mass is 10.2. The van der Waals surface area contributed by atoms with Crippen LogP contribution in [0.3, 0.4) is 0 Å². The lowest BCUT2D eigenvalue weighted by molar-refractivity contribution is -0.139. The highest BCUT2D eigenvalue weighted by molar-refractivity contribution is 6.30. The van der Waals surface area contributed by atoms with Crippen molar-refractivity contribution < 1.29 is 19.1 Å². The predicted octanol–water partition coefficient (Wildman–Crippen LogP) is 0.954. The Morgan fingerprint density at radius 1 is 1.28 bits per heavy atom. The molecule has 2 aromatic rings. The Kier molecular flexibility index (Phi) is 6.82. The molecular formula is C19H22ClN5O4. The van der Waals surface area contributed by atoms with Crippen molar-refractivity contribution >= 4 is 29.4 Å². The van der Waals surface area contributed by atoms with Gasteiger partial charge < -0.3 is 15.0 Å². The van der Waals surface area contributed by atoms with Crippen molar-refractivity contribution in [1.29, 1.82) is 0 Å². The van der Waals surface area contributed by atoms with Crippen LogP contribution in [-0.2, 0) is 38.6 Å². The first-order valence-corrected chi connectivity index (χ1v) is 9.61. The first-order valence-electron chi connectivity index (χ1n) is 9.23. The van der Waals surface area contributed by atoms with E-state index in [1.807, 2.05) is 12.1 Å². The van der Waals surface area contributed by atoms with Gasteiger partial charge in [0, 0.05) is 24.3 Å². The van der Waals surface area contributed by atoms with Gasteiger partial charge in [0.15, 0.2) is 0 Å². The highest BCUT2D eigenvalue weighted by atomic mass is 35.5. The molecule has 0 radical (unpaired) electrons. The van der Waals surface area contributed by atoms with E-state index in [1.165, 1.54) is 18.0 Å². The lowest BCUT2D eigenvalue weighted by Gasteiger charge is -2.24. The molecule has 29 heavy (non-hydrogen) atoms. The van der Waals surface area contributed by atoms with Crippen LogP contribution in [-0.4, -0.2) is 57.4 Å². The molecule has 1 fully saturated rings. The van der Waals surface area contributed by atoms with Gasteiger partial charge in [-0.05, 0) is 30.5 Å². The van der Waals surface area contributed by atoms with Gasteiger partial charge in [-0.2, -0.15) is 0 Å². The van der Waals surface area contributed by atoms with Crippen LogP contribution in [0.4, 0.5) is 0 Å². The van der Waals surface area contributed by atoms with Crippen LogP contribution < -0.4 is 5.32 Å². The SMILES string of the molecule is COC(=O)Cc1cn(CC(=O)N2CCC[C@H]2C(=O)NCc2ccc(Cl)cc2)nn1. The second kappa shape index (κ2) is 9.51. The van der Waals surface area contributed by atoms with Crippen molar-refractivity contribution in [3.05, 3.63) is 46.7 Å². The van der Waals surface area contributed by atoms with Gasteiger partial charge in [-0.3, -0.25) is 14.4 Å². The second-order valence-electron chi connectivity index (χ2n) is 6.75. The summed E-state index contributed by atoms with van der Waals surface area (Å²) in [6.07, 6.45) is 2.89. The zero-order valence-electron chi connectivity index (χ0n) is 16.0. The summed E-state index contributed by atoms with van der Waals surface area (Å²) in [5.41, 5.74) is 1.35. The molecule has 3 rings (SSSR count). The van der Waals surface area contributed by atoms with Gasteiger partial charge in [0.05, 0.1) is 19.2 Å². The molecule has 1 aromatic heterocycles. The van der Waals surface area contributed by atoms with Gasteiger partial charge in [0.25, 0.3) is 0 Å². The molecule has 1 aliphatic rings. The number of halogens is 1. The summed E-state index contributed by atoms with van der Waals surface area (Å²) in [5, 5.41) is 11.2. The summed E-state index contributed by atoms with van der Waals surface area (Å²) in [7, 11) is 1.29. The number of esters is 1. The fraction of sp³-hybridized carbons (Fsp3) is 0.421. The maximum Gasteiger partial charge on any atom is 0.311 e. The summed E-state index contributed by atoms with van der Waals surface area (Å²) in [6, 6.07) is 6.71. The first kappa shape index (κ1) is 20.8. The van der Waals surface area contributed by atoms with E-state index in [2.05, 4.69) is 20.4 Å². The number of likely N-dealkylation sites (tertiary alicyclic amines) is 1. The summed E-state index contributed by atoms with van der Waals surface area (Å²) in [6.45, 7) is 0.839. The summed E-state index contributed by atoms with van der Waals surface area (Å²) in [4.78, 5) is 38.1. The largest absolute Gasteiger partial charge is 0.469 e. The normalized spacial score (nSPS) is 15.9. The summed E-state index contributed by atoms with van der Waals surface area (Å²) < 4.78 is 5.95. The molecule has 10 heteroatoms. The van der Waals surface area contributed by atoms with Crippen molar-refractivity contribution in [2.24, 2.45) is 0 Å². The standard InChI is InChI=1S/C19H22ClN5O4/c1-29-18(27)9-15-11-24(23-22-15)12-17(26)25-8-2-3-16(25)19(28)21-10-13-4-6-14(20)7-5-13/h4-7,11,16H,2-3,8-10,12H2,1H3,(H,21,28)/t16-/m0/s1. The smallest absolute Gasteiger partial charge is 0.311 e. The number of hydrogen-bond acceptors (Lipinski definition) is 6. The molecular weight excluding hydrogens is 398 g/mol. The van der Waals surface area contributed by atoms with Crippen molar-refractivity contribution in [2.45, 2.75) is 38.4 Å². The van der Waals surface area contributed by atoms with E-state index in [-0.39, 0.29) is 24.8 Å². The molecule has 2 heterocycles.